The predicted molar refractivity (Wildman–Crippen MR) is 81.8 cm³/mol. The van der Waals surface area contributed by atoms with E-state index in [9.17, 15) is 4.79 Å². The first kappa shape index (κ1) is 15.6. The van der Waals surface area contributed by atoms with Crippen LogP contribution in [0.15, 0.2) is 5.16 Å². The van der Waals surface area contributed by atoms with E-state index in [2.05, 4.69) is 27.8 Å². The lowest BCUT2D eigenvalue weighted by molar-refractivity contribution is -0.121. The Morgan fingerprint density at radius 3 is 3.05 bits per heavy atom. The Labute approximate surface area is 127 Å². The molecule has 0 bridgehead atoms. The zero-order chi connectivity index (χ0) is 14.4. The molecule has 1 aliphatic rings. The van der Waals surface area contributed by atoms with E-state index in [1.165, 1.54) is 18.2 Å². The maximum atomic E-state index is 11.9. The molecule has 112 valence electrons. The van der Waals surface area contributed by atoms with Gasteiger partial charge in [0.05, 0.1) is 0 Å². The first-order chi connectivity index (χ1) is 9.69. The molecule has 20 heavy (non-hydrogen) atoms. The summed E-state index contributed by atoms with van der Waals surface area (Å²) >= 11 is 3.52. The molecular weight excluding hydrogens is 294 g/mol. The van der Waals surface area contributed by atoms with E-state index in [4.69, 9.17) is 0 Å². The molecule has 1 aromatic rings. The van der Waals surface area contributed by atoms with Gasteiger partial charge in [-0.3, -0.25) is 4.79 Å². The van der Waals surface area contributed by atoms with Gasteiger partial charge in [-0.15, -0.1) is 5.10 Å². The van der Waals surface area contributed by atoms with E-state index in [1.807, 2.05) is 11.8 Å². The van der Waals surface area contributed by atoms with Crippen LogP contribution >= 0.6 is 23.5 Å². The van der Waals surface area contributed by atoms with Crippen molar-refractivity contribution in [1.29, 1.82) is 0 Å². The Morgan fingerprint density at radius 2 is 2.35 bits per heavy atom. The van der Waals surface area contributed by atoms with Gasteiger partial charge in [0, 0.05) is 30.5 Å². The van der Waals surface area contributed by atoms with Crippen molar-refractivity contribution in [3.63, 3.8) is 0 Å². The van der Waals surface area contributed by atoms with Gasteiger partial charge in [0.15, 0.2) is 0 Å². The van der Waals surface area contributed by atoms with Crippen molar-refractivity contribution in [1.82, 2.24) is 25.5 Å². The molecular formula is C12H21N5OS2. The van der Waals surface area contributed by atoms with E-state index in [0.29, 0.717) is 18.2 Å². The van der Waals surface area contributed by atoms with Crippen LogP contribution in [-0.4, -0.2) is 48.9 Å². The Kier molecular flexibility index (Phi) is 6.15. The molecule has 1 heterocycles. The summed E-state index contributed by atoms with van der Waals surface area (Å²) in [7, 11) is 1.80. The van der Waals surface area contributed by atoms with Crippen molar-refractivity contribution in [2.24, 2.45) is 7.05 Å². The lowest BCUT2D eigenvalue weighted by atomic mass is 10.2. The van der Waals surface area contributed by atoms with Crippen molar-refractivity contribution in [2.75, 3.05) is 11.5 Å². The molecule has 2 rings (SSSR count). The van der Waals surface area contributed by atoms with E-state index >= 15 is 0 Å². The number of carbonyl (C=O) groups is 1. The molecule has 0 spiro atoms. The molecule has 1 saturated carbocycles. The number of aromatic nitrogens is 4. The number of thioether (sulfide) groups is 2. The van der Waals surface area contributed by atoms with Gasteiger partial charge in [-0.05, 0) is 35.4 Å². The molecule has 6 nitrogen and oxygen atoms in total. The van der Waals surface area contributed by atoms with Gasteiger partial charge in [-0.2, -0.15) is 11.8 Å². The van der Waals surface area contributed by atoms with Crippen LogP contribution in [0.25, 0.3) is 0 Å². The number of amides is 1. The summed E-state index contributed by atoms with van der Waals surface area (Å²) in [4.78, 5) is 11.9. The Balaban J connectivity index is 1.62. The minimum Gasteiger partial charge on any atom is -0.353 e. The van der Waals surface area contributed by atoms with E-state index < -0.39 is 0 Å². The highest BCUT2D eigenvalue weighted by Gasteiger charge is 2.25. The van der Waals surface area contributed by atoms with E-state index in [1.54, 1.807) is 11.7 Å². The third-order valence-corrected chi connectivity index (χ3v) is 5.54. The molecule has 1 N–H and O–H groups in total. The highest BCUT2D eigenvalue weighted by Crippen LogP contribution is 2.29. The zero-order valence-corrected chi connectivity index (χ0v) is 13.5. The number of nitrogens with zero attached hydrogens (tertiary/aromatic N) is 4. The SMILES string of the molecule is CCS[C@H]1CC[C@H](NC(=O)CCSc2nnnn2C)C1. The minimum absolute atomic E-state index is 0.139. The third kappa shape index (κ3) is 4.66. The Bertz CT molecular complexity index is 439. The number of tetrazole rings is 1. The highest BCUT2D eigenvalue weighted by atomic mass is 32.2. The fourth-order valence-electron chi connectivity index (χ4n) is 2.34. The second-order valence-corrected chi connectivity index (χ2v) is 7.48. The van der Waals surface area contributed by atoms with Gasteiger partial charge in [-0.1, -0.05) is 18.7 Å². The van der Waals surface area contributed by atoms with Crippen molar-refractivity contribution < 1.29 is 4.79 Å². The number of rotatable bonds is 7. The van der Waals surface area contributed by atoms with Crippen LogP contribution in [0.3, 0.4) is 0 Å². The van der Waals surface area contributed by atoms with Crippen LogP contribution in [0.1, 0.15) is 32.6 Å². The first-order valence-corrected chi connectivity index (χ1v) is 8.98. The van der Waals surface area contributed by atoms with Crippen LogP contribution in [0.4, 0.5) is 0 Å². The Hall–Kier alpha value is -0.760. The van der Waals surface area contributed by atoms with Gasteiger partial charge in [0.25, 0.3) is 0 Å². The summed E-state index contributed by atoms with van der Waals surface area (Å²) < 4.78 is 1.62. The minimum atomic E-state index is 0.139. The third-order valence-electron chi connectivity index (χ3n) is 3.29. The second kappa shape index (κ2) is 7.87. The van der Waals surface area contributed by atoms with Crippen LogP contribution < -0.4 is 5.32 Å². The fraction of sp³-hybridized carbons (Fsp3) is 0.833. The molecule has 0 radical (unpaired) electrons. The smallest absolute Gasteiger partial charge is 0.221 e. The number of nitrogens with one attached hydrogen (secondary N) is 1. The molecule has 0 aliphatic heterocycles. The molecule has 1 aromatic heterocycles. The van der Waals surface area contributed by atoms with Crippen LogP contribution in [0.5, 0.6) is 0 Å². The summed E-state index contributed by atoms with van der Waals surface area (Å²) in [6.45, 7) is 2.19. The quantitative estimate of drug-likeness (QED) is 0.769. The number of carbonyl (C=O) groups excluding carboxylic acids is 1. The highest BCUT2D eigenvalue weighted by molar-refractivity contribution is 7.99. The zero-order valence-electron chi connectivity index (χ0n) is 11.9. The molecule has 0 saturated heterocycles. The molecule has 2 atom stereocenters. The summed E-state index contributed by atoms with van der Waals surface area (Å²) in [5.74, 6) is 2.01. The maximum absolute atomic E-state index is 11.9. The fourth-order valence-corrected chi connectivity index (χ4v) is 4.27. The lowest BCUT2D eigenvalue weighted by Gasteiger charge is -2.12. The number of hydrogen-bond acceptors (Lipinski definition) is 6. The van der Waals surface area contributed by atoms with Crippen molar-refractivity contribution in [2.45, 2.75) is 49.1 Å². The van der Waals surface area contributed by atoms with Crippen LogP contribution in [0.2, 0.25) is 0 Å². The molecule has 1 amide bonds. The van der Waals surface area contributed by atoms with Crippen molar-refractivity contribution >= 4 is 29.4 Å². The second-order valence-electron chi connectivity index (χ2n) is 4.84. The molecule has 8 heteroatoms. The monoisotopic (exact) mass is 315 g/mol. The van der Waals surface area contributed by atoms with E-state index in [-0.39, 0.29) is 5.91 Å². The summed E-state index contributed by atoms with van der Waals surface area (Å²) in [6, 6.07) is 0.369. The normalized spacial score (nSPS) is 22.1. The average Bonchev–Trinajstić information content (AvgIpc) is 3.00. The van der Waals surface area contributed by atoms with E-state index in [0.717, 1.165) is 29.0 Å². The number of hydrogen-bond donors (Lipinski definition) is 1. The van der Waals surface area contributed by atoms with Crippen LogP contribution in [-0.2, 0) is 11.8 Å². The number of aryl methyl sites for hydroxylation is 1. The summed E-state index contributed by atoms with van der Waals surface area (Å²) in [6.07, 6.45) is 3.97. The average molecular weight is 315 g/mol. The maximum Gasteiger partial charge on any atom is 0.221 e. The van der Waals surface area contributed by atoms with Gasteiger partial charge < -0.3 is 5.32 Å². The van der Waals surface area contributed by atoms with Gasteiger partial charge in [-0.25, -0.2) is 4.68 Å². The Morgan fingerprint density at radius 1 is 1.50 bits per heavy atom. The lowest BCUT2D eigenvalue weighted by Crippen LogP contribution is -2.33. The molecule has 0 unspecified atom stereocenters. The standard InChI is InChI=1S/C12H21N5OS2/c1-3-19-10-5-4-9(8-10)13-11(18)6-7-20-12-14-15-16-17(12)2/h9-10H,3-8H2,1-2H3,(H,13,18)/t9-,10-/m0/s1. The predicted octanol–water partition coefficient (Wildman–Crippen LogP) is 1.48. The summed E-state index contributed by atoms with van der Waals surface area (Å²) in [5, 5.41) is 15.8. The summed E-state index contributed by atoms with van der Waals surface area (Å²) in [5.41, 5.74) is 0. The first-order valence-electron chi connectivity index (χ1n) is 6.95. The van der Waals surface area contributed by atoms with Gasteiger partial charge in [0.1, 0.15) is 0 Å². The van der Waals surface area contributed by atoms with Gasteiger partial charge in [0.2, 0.25) is 11.1 Å². The molecule has 0 aromatic carbocycles. The molecule has 1 fully saturated rings. The van der Waals surface area contributed by atoms with Gasteiger partial charge >= 0.3 is 0 Å². The van der Waals surface area contributed by atoms with Crippen LogP contribution in [0, 0.1) is 0 Å². The molecule has 1 aliphatic carbocycles. The topological polar surface area (TPSA) is 72.7 Å². The van der Waals surface area contributed by atoms with Crippen molar-refractivity contribution in [3.8, 4) is 0 Å². The largest absolute Gasteiger partial charge is 0.353 e. The van der Waals surface area contributed by atoms with Crippen molar-refractivity contribution in [3.05, 3.63) is 0 Å².